The van der Waals surface area contributed by atoms with Gasteiger partial charge in [-0.3, -0.25) is 4.79 Å². The van der Waals surface area contributed by atoms with Gasteiger partial charge in [0.15, 0.2) is 0 Å². The van der Waals surface area contributed by atoms with E-state index in [-0.39, 0.29) is 11.8 Å². The van der Waals surface area contributed by atoms with Crippen LogP contribution in [0.5, 0.6) is 0 Å². The molecule has 3 aromatic rings. The predicted octanol–water partition coefficient (Wildman–Crippen LogP) is 5.56. The Morgan fingerprint density at radius 2 is 1.28 bits per heavy atom. The van der Waals surface area contributed by atoms with E-state index < -0.39 is 0 Å². The zero-order valence-electron chi connectivity index (χ0n) is 14.3. The molecule has 0 saturated heterocycles. The van der Waals surface area contributed by atoms with E-state index in [0.717, 1.165) is 29.0 Å². The van der Waals surface area contributed by atoms with Crippen molar-refractivity contribution in [3.05, 3.63) is 90.5 Å². The highest BCUT2D eigenvalue weighted by atomic mass is 16.1. The highest BCUT2D eigenvalue weighted by Crippen LogP contribution is 2.23. The predicted molar refractivity (Wildman–Crippen MR) is 104 cm³/mol. The summed E-state index contributed by atoms with van der Waals surface area (Å²) in [6.07, 6.45) is 0.767. The molecule has 0 heterocycles. The molecular formula is C22H22N2O. The summed E-state index contributed by atoms with van der Waals surface area (Å²) in [5.41, 5.74) is 3.87. The van der Waals surface area contributed by atoms with Crippen molar-refractivity contribution in [3.8, 4) is 0 Å². The van der Waals surface area contributed by atoms with Gasteiger partial charge in [0.2, 0.25) is 5.91 Å². The second kappa shape index (κ2) is 8.15. The third-order valence-corrected chi connectivity index (χ3v) is 4.14. The van der Waals surface area contributed by atoms with Gasteiger partial charge in [0.25, 0.3) is 0 Å². The lowest BCUT2D eigenvalue weighted by Crippen LogP contribution is -2.20. The van der Waals surface area contributed by atoms with Gasteiger partial charge < -0.3 is 10.6 Å². The SMILES string of the molecule is CC[C@H](C(=O)Nc1ccc(Nc2ccccc2)cc1)c1ccccc1. The number of hydrogen-bond donors (Lipinski definition) is 2. The molecule has 0 unspecified atom stereocenters. The molecule has 3 nitrogen and oxygen atoms in total. The number of carbonyl (C=O) groups excluding carboxylic acids is 1. The molecule has 3 rings (SSSR count). The molecule has 1 amide bonds. The zero-order chi connectivity index (χ0) is 17.5. The van der Waals surface area contributed by atoms with Crippen LogP contribution in [0, 0.1) is 0 Å². The van der Waals surface area contributed by atoms with Crippen molar-refractivity contribution < 1.29 is 4.79 Å². The van der Waals surface area contributed by atoms with E-state index in [0.29, 0.717) is 0 Å². The van der Waals surface area contributed by atoms with Crippen LogP contribution in [0.25, 0.3) is 0 Å². The molecule has 2 N–H and O–H groups in total. The second-order valence-corrected chi connectivity index (χ2v) is 5.93. The van der Waals surface area contributed by atoms with Crippen LogP contribution in [0.4, 0.5) is 17.1 Å². The number of para-hydroxylation sites is 1. The first-order valence-electron chi connectivity index (χ1n) is 8.54. The minimum atomic E-state index is -0.136. The van der Waals surface area contributed by atoms with Crippen LogP contribution in [0.3, 0.4) is 0 Å². The third-order valence-electron chi connectivity index (χ3n) is 4.14. The molecule has 0 aliphatic rings. The van der Waals surface area contributed by atoms with Gasteiger partial charge >= 0.3 is 0 Å². The van der Waals surface area contributed by atoms with Crippen molar-refractivity contribution in [1.29, 1.82) is 0 Å². The molecule has 3 heteroatoms. The summed E-state index contributed by atoms with van der Waals surface area (Å²) in [7, 11) is 0. The summed E-state index contributed by atoms with van der Waals surface area (Å²) in [5.74, 6) is -0.110. The van der Waals surface area contributed by atoms with Crippen molar-refractivity contribution >= 4 is 23.0 Å². The van der Waals surface area contributed by atoms with Gasteiger partial charge in [0.1, 0.15) is 0 Å². The Kier molecular flexibility index (Phi) is 5.47. The molecule has 0 radical (unpaired) electrons. The van der Waals surface area contributed by atoms with Crippen LogP contribution >= 0.6 is 0 Å². The maximum Gasteiger partial charge on any atom is 0.231 e. The first-order chi connectivity index (χ1) is 12.3. The van der Waals surface area contributed by atoms with Gasteiger partial charge in [-0.15, -0.1) is 0 Å². The standard InChI is InChI=1S/C22H22N2O/c1-2-21(17-9-5-3-6-10-17)22(25)24-20-15-13-19(14-16-20)23-18-11-7-4-8-12-18/h3-16,21,23H,2H2,1H3,(H,24,25)/t21-/m0/s1. The molecule has 126 valence electrons. The number of hydrogen-bond acceptors (Lipinski definition) is 2. The third kappa shape index (κ3) is 4.48. The summed E-state index contributed by atoms with van der Waals surface area (Å²) in [4.78, 5) is 12.6. The maximum absolute atomic E-state index is 12.6. The van der Waals surface area contributed by atoms with Crippen molar-refractivity contribution in [1.82, 2.24) is 0 Å². The van der Waals surface area contributed by atoms with Crippen molar-refractivity contribution in [2.75, 3.05) is 10.6 Å². The summed E-state index contributed by atoms with van der Waals surface area (Å²) < 4.78 is 0. The summed E-state index contributed by atoms with van der Waals surface area (Å²) >= 11 is 0. The molecule has 3 aromatic carbocycles. The van der Waals surface area contributed by atoms with Crippen LogP contribution in [0.2, 0.25) is 0 Å². The summed E-state index contributed by atoms with van der Waals surface area (Å²) in [6.45, 7) is 2.03. The maximum atomic E-state index is 12.6. The monoisotopic (exact) mass is 330 g/mol. The molecule has 0 aliphatic carbocycles. The average molecular weight is 330 g/mol. The highest BCUT2D eigenvalue weighted by Gasteiger charge is 2.18. The van der Waals surface area contributed by atoms with Crippen molar-refractivity contribution in [2.45, 2.75) is 19.3 Å². The normalized spacial score (nSPS) is 11.6. The van der Waals surface area contributed by atoms with E-state index in [1.54, 1.807) is 0 Å². The molecular weight excluding hydrogens is 308 g/mol. The number of rotatable bonds is 6. The molecule has 0 spiro atoms. The number of carbonyl (C=O) groups is 1. The lowest BCUT2D eigenvalue weighted by atomic mass is 9.95. The van der Waals surface area contributed by atoms with Gasteiger partial charge in [-0.05, 0) is 48.4 Å². The van der Waals surface area contributed by atoms with Crippen LogP contribution in [0.15, 0.2) is 84.9 Å². The number of anilines is 3. The van der Waals surface area contributed by atoms with E-state index in [2.05, 4.69) is 10.6 Å². The minimum Gasteiger partial charge on any atom is -0.356 e. The van der Waals surface area contributed by atoms with Gasteiger partial charge in [0, 0.05) is 17.1 Å². The first-order valence-corrected chi connectivity index (χ1v) is 8.54. The molecule has 0 aromatic heterocycles. The van der Waals surface area contributed by atoms with E-state index in [1.165, 1.54) is 0 Å². The van der Waals surface area contributed by atoms with Gasteiger partial charge in [-0.25, -0.2) is 0 Å². The summed E-state index contributed by atoms with van der Waals surface area (Å²) in [5, 5.41) is 6.35. The van der Waals surface area contributed by atoms with Crippen LogP contribution in [-0.4, -0.2) is 5.91 Å². The Hall–Kier alpha value is -3.07. The Morgan fingerprint density at radius 3 is 1.88 bits per heavy atom. The van der Waals surface area contributed by atoms with Crippen LogP contribution in [-0.2, 0) is 4.79 Å². The van der Waals surface area contributed by atoms with Crippen LogP contribution in [0.1, 0.15) is 24.8 Å². The van der Waals surface area contributed by atoms with E-state index in [4.69, 9.17) is 0 Å². The first kappa shape index (κ1) is 16.8. The van der Waals surface area contributed by atoms with E-state index in [1.807, 2.05) is 91.9 Å². The Labute approximate surface area is 148 Å². The van der Waals surface area contributed by atoms with Gasteiger partial charge in [-0.1, -0.05) is 55.5 Å². The Morgan fingerprint density at radius 1 is 0.760 bits per heavy atom. The van der Waals surface area contributed by atoms with E-state index in [9.17, 15) is 4.79 Å². The highest BCUT2D eigenvalue weighted by molar-refractivity contribution is 5.96. The average Bonchev–Trinajstić information content (AvgIpc) is 2.66. The number of benzene rings is 3. The topological polar surface area (TPSA) is 41.1 Å². The molecule has 0 saturated carbocycles. The number of nitrogens with one attached hydrogen (secondary N) is 2. The molecule has 25 heavy (non-hydrogen) atoms. The fraction of sp³-hybridized carbons (Fsp3) is 0.136. The minimum absolute atomic E-state index is 0.0254. The van der Waals surface area contributed by atoms with Crippen molar-refractivity contribution in [2.24, 2.45) is 0 Å². The quantitative estimate of drug-likeness (QED) is 0.621. The molecule has 0 aliphatic heterocycles. The molecule has 1 atom stereocenters. The Bertz CT molecular complexity index is 798. The fourth-order valence-corrected chi connectivity index (χ4v) is 2.81. The van der Waals surface area contributed by atoms with Crippen molar-refractivity contribution in [3.63, 3.8) is 0 Å². The number of amides is 1. The molecule has 0 bridgehead atoms. The smallest absolute Gasteiger partial charge is 0.231 e. The van der Waals surface area contributed by atoms with Crippen LogP contribution < -0.4 is 10.6 Å². The van der Waals surface area contributed by atoms with Gasteiger partial charge in [0.05, 0.1) is 5.92 Å². The summed E-state index contributed by atoms with van der Waals surface area (Å²) in [6, 6.07) is 27.7. The Balaban J connectivity index is 1.65. The van der Waals surface area contributed by atoms with Gasteiger partial charge in [-0.2, -0.15) is 0 Å². The lowest BCUT2D eigenvalue weighted by Gasteiger charge is -2.16. The fourth-order valence-electron chi connectivity index (χ4n) is 2.81. The van der Waals surface area contributed by atoms with E-state index >= 15 is 0 Å². The largest absolute Gasteiger partial charge is 0.356 e. The molecule has 0 fully saturated rings. The lowest BCUT2D eigenvalue weighted by molar-refractivity contribution is -0.117. The zero-order valence-corrected chi connectivity index (χ0v) is 14.3. The second-order valence-electron chi connectivity index (χ2n) is 5.93.